The predicted molar refractivity (Wildman–Crippen MR) is 35.9 cm³/mol. The van der Waals surface area contributed by atoms with Gasteiger partial charge in [0.25, 0.3) is 5.91 Å². The van der Waals surface area contributed by atoms with E-state index in [1.54, 1.807) is 0 Å². The van der Waals surface area contributed by atoms with Crippen LogP contribution in [-0.4, -0.2) is 30.5 Å². The molecule has 0 aliphatic carbocycles. The fourth-order valence-electron chi connectivity index (χ4n) is 1.08. The predicted octanol–water partition coefficient (Wildman–Crippen LogP) is -1.85. The Morgan fingerprint density at radius 3 is 3.09 bits per heavy atom. The minimum absolute atomic E-state index is 0.337. The summed E-state index contributed by atoms with van der Waals surface area (Å²) < 4.78 is 0. The van der Waals surface area contributed by atoms with E-state index >= 15 is 0 Å². The molecule has 0 bridgehead atoms. The van der Waals surface area contributed by atoms with Gasteiger partial charge in [0.1, 0.15) is 6.04 Å². The Labute approximate surface area is 62.1 Å². The summed E-state index contributed by atoms with van der Waals surface area (Å²) in [6.07, 6.45) is 0.983. The molecule has 0 aromatic rings. The third-order valence-corrected chi connectivity index (χ3v) is 1.60. The molecule has 0 saturated carbocycles. The highest BCUT2D eigenvalue weighted by atomic mass is 16.2. The third-order valence-electron chi connectivity index (χ3n) is 1.60. The second kappa shape index (κ2) is 1.94. The Hall–Kier alpha value is -1.59. The van der Waals surface area contributed by atoms with Crippen molar-refractivity contribution in [1.82, 2.24) is 16.0 Å². The van der Waals surface area contributed by atoms with Crippen molar-refractivity contribution in [2.24, 2.45) is 4.99 Å². The van der Waals surface area contributed by atoms with Crippen LogP contribution in [0.4, 0.5) is 4.79 Å². The molecular weight excluding hydrogens is 148 g/mol. The largest absolute Gasteiger partial charge is 0.362 e. The Bertz CT molecular complexity index is 249. The number of amides is 3. The third kappa shape index (κ3) is 0.830. The summed E-state index contributed by atoms with van der Waals surface area (Å²) in [6.45, 7) is 0. The van der Waals surface area contributed by atoms with Crippen LogP contribution in [-0.2, 0) is 4.79 Å². The van der Waals surface area contributed by atoms with Crippen molar-refractivity contribution in [2.45, 2.75) is 12.2 Å². The minimum Gasteiger partial charge on any atom is -0.362 e. The molecule has 0 aromatic carbocycles. The van der Waals surface area contributed by atoms with E-state index < -0.39 is 18.2 Å². The molecule has 6 heteroatoms. The molecule has 0 spiro atoms. The number of carbonyl (C=O) groups is 2. The van der Waals surface area contributed by atoms with E-state index in [0.717, 1.165) is 0 Å². The number of rotatable bonds is 0. The first kappa shape index (κ1) is 6.14. The van der Waals surface area contributed by atoms with Crippen LogP contribution >= 0.6 is 0 Å². The minimum atomic E-state index is -0.489. The van der Waals surface area contributed by atoms with Crippen molar-refractivity contribution in [2.75, 3.05) is 0 Å². The summed E-state index contributed by atoms with van der Waals surface area (Å²) in [4.78, 5) is 25.5. The zero-order chi connectivity index (χ0) is 7.84. The summed E-state index contributed by atoms with van der Waals surface area (Å²) in [7, 11) is 0. The average Bonchev–Trinajstić information content (AvgIpc) is 2.34. The van der Waals surface area contributed by atoms with Crippen molar-refractivity contribution in [1.29, 1.82) is 0 Å². The maximum absolute atomic E-state index is 11.0. The normalized spacial score (nSPS) is 33.8. The molecule has 3 amide bonds. The first-order valence-electron chi connectivity index (χ1n) is 3.16. The molecule has 2 aliphatic rings. The van der Waals surface area contributed by atoms with Crippen molar-refractivity contribution in [3.63, 3.8) is 0 Å². The number of hydrogen-bond donors (Lipinski definition) is 3. The fraction of sp³-hybridized carbons (Fsp3) is 0.400. The fourth-order valence-corrected chi connectivity index (χ4v) is 1.08. The smallest absolute Gasteiger partial charge is 0.323 e. The Morgan fingerprint density at radius 2 is 2.27 bits per heavy atom. The molecular formula is C5H6N4O2. The van der Waals surface area contributed by atoms with Crippen LogP contribution in [0.25, 0.3) is 0 Å². The van der Waals surface area contributed by atoms with Crippen LogP contribution in [0, 0.1) is 0 Å². The van der Waals surface area contributed by atoms with Gasteiger partial charge in [0.05, 0.1) is 6.34 Å². The Morgan fingerprint density at radius 1 is 1.45 bits per heavy atom. The molecule has 2 atom stereocenters. The van der Waals surface area contributed by atoms with E-state index in [1.165, 1.54) is 6.34 Å². The second-order valence-electron chi connectivity index (χ2n) is 2.33. The lowest BCUT2D eigenvalue weighted by atomic mass is 10.2. The highest BCUT2D eigenvalue weighted by Gasteiger charge is 2.36. The number of fused-ring (bicyclic) bond motifs is 1. The van der Waals surface area contributed by atoms with Crippen LogP contribution in [0.3, 0.4) is 0 Å². The number of carbonyl (C=O) groups excluding carboxylic acids is 2. The van der Waals surface area contributed by atoms with Crippen LogP contribution in [0.1, 0.15) is 0 Å². The van der Waals surface area contributed by atoms with Crippen LogP contribution in [0.15, 0.2) is 4.99 Å². The first-order chi connectivity index (χ1) is 5.27. The summed E-state index contributed by atoms with van der Waals surface area (Å²) in [5.74, 6) is -0.337. The summed E-state index contributed by atoms with van der Waals surface area (Å²) in [5, 5.41) is 7.31. The van der Waals surface area contributed by atoms with Gasteiger partial charge in [-0.15, -0.1) is 0 Å². The van der Waals surface area contributed by atoms with Crippen molar-refractivity contribution >= 4 is 18.3 Å². The van der Waals surface area contributed by atoms with Gasteiger partial charge in [-0.2, -0.15) is 0 Å². The molecule has 58 valence electrons. The van der Waals surface area contributed by atoms with Gasteiger partial charge < -0.3 is 10.6 Å². The van der Waals surface area contributed by atoms with Crippen LogP contribution in [0.2, 0.25) is 0 Å². The second-order valence-corrected chi connectivity index (χ2v) is 2.33. The van der Waals surface area contributed by atoms with E-state index in [1.807, 2.05) is 0 Å². The number of urea groups is 1. The Kier molecular flexibility index (Phi) is 1.09. The van der Waals surface area contributed by atoms with Gasteiger partial charge in [0, 0.05) is 0 Å². The molecule has 0 aromatic heterocycles. The number of hydrogen-bond acceptors (Lipinski definition) is 4. The maximum Gasteiger partial charge on any atom is 0.323 e. The van der Waals surface area contributed by atoms with Crippen molar-refractivity contribution in [3.8, 4) is 0 Å². The van der Waals surface area contributed by atoms with Gasteiger partial charge >= 0.3 is 6.03 Å². The lowest BCUT2D eigenvalue weighted by Gasteiger charge is -2.23. The molecule has 2 rings (SSSR count). The van der Waals surface area contributed by atoms with E-state index in [-0.39, 0.29) is 5.91 Å². The monoisotopic (exact) mass is 154 g/mol. The number of nitrogens with one attached hydrogen (secondary N) is 3. The van der Waals surface area contributed by atoms with Gasteiger partial charge in [-0.25, -0.2) is 9.79 Å². The molecule has 3 N–H and O–H groups in total. The zero-order valence-corrected chi connectivity index (χ0v) is 5.50. The molecule has 2 heterocycles. The molecule has 0 unspecified atom stereocenters. The maximum atomic E-state index is 11.0. The summed E-state index contributed by atoms with van der Waals surface area (Å²) in [5.41, 5.74) is 0. The molecule has 11 heavy (non-hydrogen) atoms. The lowest BCUT2D eigenvalue weighted by molar-refractivity contribution is -0.122. The molecule has 1 fully saturated rings. The van der Waals surface area contributed by atoms with Gasteiger partial charge in [-0.05, 0) is 0 Å². The number of nitrogens with zero attached hydrogens (tertiary/aromatic N) is 1. The summed E-state index contributed by atoms with van der Waals surface area (Å²) >= 11 is 0. The van der Waals surface area contributed by atoms with Gasteiger partial charge in [-0.3, -0.25) is 10.1 Å². The van der Waals surface area contributed by atoms with E-state index in [2.05, 4.69) is 20.9 Å². The summed E-state index contributed by atoms with van der Waals surface area (Å²) in [6, 6.07) is -0.926. The lowest BCUT2D eigenvalue weighted by Crippen LogP contribution is -2.62. The van der Waals surface area contributed by atoms with Gasteiger partial charge in [0.15, 0.2) is 6.17 Å². The number of imide groups is 1. The number of aliphatic imine (C=N–C) groups is 1. The molecule has 1 saturated heterocycles. The van der Waals surface area contributed by atoms with E-state index in [0.29, 0.717) is 0 Å². The van der Waals surface area contributed by atoms with Gasteiger partial charge in [0.2, 0.25) is 0 Å². The van der Waals surface area contributed by atoms with Crippen LogP contribution < -0.4 is 16.0 Å². The molecule has 2 aliphatic heterocycles. The highest BCUT2D eigenvalue weighted by Crippen LogP contribution is 2.04. The van der Waals surface area contributed by atoms with Crippen molar-refractivity contribution in [3.05, 3.63) is 0 Å². The topological polar surface area (TPSA) is 82.6 Å². The first-order valence-corrected chi connectivity index (χ1v) is 3.16. The average molecular weight is 154 g/mol. The standard InChI is InChI=1S/C5H6N4O2/c10-4-2-3(7-1-6-2)8-5(11)9-4/h1-3H,(H,6,7)(H2,8,9,10,11)/t2-,3+/m0/s1. The zero-order valence-electron chi connectivity index (χ0n) is 5.50. The van der Waals surface area contributed by atoms with E-state index in [9.17, 15) is 9.59 Å². The van der Waals surface area contributed by atoms with Crippen molar-refractivity contribution < 1.29 is 9.59 Å². The quantitative estimate of drug-likeness (QED) is 0.383. The van der Waals surface area contributed by atoms with Crippen LogP contribution in [0.5, 0.6) is 0 Å². The van der Waals surface area contributed by atoms with Gasteiger partial charge in [-0.1, -0.05) is 0 Å². The highest BCUT2D eigenvalue weighted by molar-refractivity contribution is 6.01. The molecule has 6 nitrogen and oxygen atoms in total. The SMILES string of the molecule is O=C1NC(=O)[C@H]2NC=N[C@@H]2N1. The molecule has 0 radical (unpaired) electrons. The Balaban J connectivity index is 2.20. The van der Waals surface area contributed by atoms with E-state index in [4.69, 9.17) is 0 Å².